The molecule has 1 aromatic carbocycles. The molecule has 1 aromatic heterocycles. The number of carboxylic acid groups (broad SMARTS) is 1. The number of nitrogens with one attached hydrogen (secondary N) is 1. The number of carboxylic acids is 1. The lowest BCUT2D eigenvalue weighted by Crippen LogP contribution is -2.49. The number of morpholine rings is 1. The minimum atomic E-state index is -0.939. The Bertz CT molecular complexity index is 810. The van der Waals surface area contributed by atoms with Crippen LogP contribution in [0.15, 0.2) is 42.6 Å². The Morgan fingerprint density at radius 3 is 2.89 bits per heavy atom. The third-order valence-electron chi connectivity index (χ3n) is 4.65. The summed E-state index contributed by atoms with van der Waals surface area (Å²) in [5, 5.41) is 12.4. The van der Waals surface area contributed by atoms with Gasteiger partial charge in [-0.3, -0.25) is 14.6 Å². The molecule has 0 spiro atoms. The smallest absolute Gasteiger partial charge is 0.305 e. The Kier molecular flexibility index (Phi) is 6.03. The van der Waals surface area contributed by atoms with Crippen LogP contribution < -0.4 is 5.32 Å². The highest BCUT2D eigenvalue weighted by Gasteiger charge is 2.30. The molecule has 1 aliphatic heterocycles. The Morgan fingerprint density at radius 1 is 1.30 bits per heavy atom. The van der Waals surface area contributed by atoms with Crippen molar-refractivity contribution in [2.24, 2.45) is 0 Å². The molecule has 1 atom stereocenters. The summed E-state index contributed by atoms with van der Waals surface area (Å²) in [6.07, 6.45) is 1.62. The van der Waals surface area contributed by atoms with Crippen LogP contribution in [0.1, 0.15) is 28.0 Å². The first kappa shape index (κ1) is 18.8. The van der Waals surface area contributed by atoms with Crippen LogP contribution in [0.5, 0.6) is 0 Å². The first-order valence-corrected chi connectivity index (χ1v) is 8.90. The van der Waals surface area contributed by atoms with Gasteiger partial charge in [0.1, 0.15) is 0 Å². The Hall–Kier alpha value is -2.93. The molecule has 2 heterocycles. The average Bonchev–Trinajstić information content (AvgIpc) is 2.67. The van der Waals surface area contributed by atoms with Crippen LogP contribution >= 0.6 is 0 Å². The quantitative estimate of drug-likeness (QED) is 0.812. The van der Waals surface area contributed by atoms with Gasteiger partial charge in [-0.2, -0.15) is 0 Å². The maximum Gasteiger partial charge on any atom is 0.305 e. The van der Waals surface area contributed by atoms with Crippen LogP contribution in [0.3, 0.4) is 0 Å². The number of nitrogens with zero attached hydrogens (tertiary/aromatic N) is 2. The molecule has 1 fully saturated rings. The third kappa shape index (κ3) is 4.62. The van der Waals surface area contributed by atoms with E-state index in [2.05, 4.69) is 10.3 Å². The number of hydrogen-bond acceptors (Lipinski definition) is 5. The largest absolute Gasteiger partial charge is 0.481 e. The van der Waals surface area contributed by atoms with Gasteiger partial charge in [0.05, 0.1) is 37.9 Å². The second-order valence-electron chi connectivity index (χ2n) is 6.48. The fourth-order valence-electron chi connectivity index (χ4n) is 3.19. The summed E-state index contributed by atoms with van der Waals surface area (Å²) < 4.78 is 5.36. The molecule has 0 bridgehead atoms. The van der Waals surface area contributed by atoms with Crippen molar-refractivity contribution in [2.75, 3.05) is 25.1 Å². The number of aliphatic carboxylic acids is 1. The predicted molar refractivity (Wildman–Crippen MR) is 101 cm³/mol. The van der Waals surface area contributed by atoms with Gasteiger partial charge in [-0.25, -0.2) is 0 Å². The van der Waals surface area contributed by atoms with Crippen molar-refractivity contribution in [1.29, 1.82) is 0 Å². The molecule has 2 aromatic rings. The van der Waals surface area contributed by atoms with E-state index >= 15 is 0 Å². The van der Waals surface area contributed by atoms with Crippen molar-refractivity contribution in [2.45, 2.75) is 25.9 Å². The zero-order chi connectivity index (χ0) is 19.2. The van der Waals surface area contributed by atoms with Gasteiger partial charge in [0.25, 0.3) is 5.91 Å². The average molecular weight is 369 g/mol. The number of anilines is 1. The van der Waals surface area contributed by atoms with Crippen molar-refractivity contribution in [3.05, 3.63) is 59.4 Å². The normalized spacial score (nSPS) is 16.8. The molecule has 27 heavy (non-hydrogen) atoms. The number of aromatic nitrogens is 1. The van der Waals surface area contributed by atoms with E-state index in [1.54, 1.807) is 17.2 Å². The molecule has 1 unspecified atom stereocenters. The summed E-state index contributed by atoms with van der Waals surface area (Å²) in [6, 6.07) is 10.8. The van der Waals surface area contributed by atoms with Crippen LogP contribution in [-0.4, -0.2) is 52.7 Å². The van der Waals surface area contributed by atoms with E-state index in [1.165, 1.54) is 0 Å². The highest BCUT2D eigenvalue weighted by molar-refractivity contribution is 5.97. The van der Waals surface area contributed by atoms with Crippen molar-refractivity contribution in [1.82, 2.24) is 9.88 Å². The molecule has 1 amide bonds. The van der Waals surface area contributed by atoms with Crippen LogP contribution in [-0.2, 0) is 16.1 Å². The summed E-state index contributed by atoms with van der Waals surface area (Å²) in [5.41, 5.74) is 3.16. The van der Waals surface area contributed by atoms with Gasteiger partial charge in [-0.1, -0.05) is 12.1 Å². The number of hydrogen-bond donors (Lipinski definition) is 2. The molecule has 2 N–H and O–H groups in total. The number of carbonyl (C=O) groups is 2. The van der Waals surface area contributed by atoms with Gasteiger partial charge in [0, 0.05) is 24.0 Å². The van der Waals surface area contributed by atoms with Crippen molar-refractivity contribution in [3.63, 3.8) is 0 Å². The van der Waals surface area contributed by atoms with Gasteiger partial charge in [0.15, 0.2) is 0 Å². The number of ether oxygens (including phenoxy) is 1. The summed E-state index contributed by atoms with van der Waals surface area (Å²) in [4.78, 5) is 30.1. The third-order valence-corrected chi connectivity index (χ3v) is 4.65. The van der Waals surface area contributed by atoms with Gasteiger partial charge in [-0.05, 0) is 36.8 Å². The monoisotopic (exact) mass is 369 g/mol. The molecule has 0 radical (unpaired) electrons. The summed E-state index contributed by atoms with van der Waals surface area (Å²) in [5.74, 6) is -1.10. The molecule has 0 aliphatic carbocycles. The van der Waals surface area contributed by atoms with Crippen molar-refractivity contribution >= 4 is 17.6 Å². The highest BCUT2D eigenvalue weighted by atomic mass is 16.5. The second kappa shape index (κ2) is 8.64. The molecule has 0 saturated carbocycles. The number of amides is 1. The SMILES string of the molecule is Cc1c(NCc2ccccn2)cccc1C(=O)N1CCOCC1CC(=O)O. The summed E-state index contributed by atoms with van der Waals surface area (Å²) in [6.45, 7) is 3.49. The zero-order valence-electron chi connectivity index (χ0n) is 15.2. The Morgan fingerprint density at radius 2 is 2.15 bits per heavy atom. The van der Waals surface area contributed by atoms with Gasteiger partial charge in [0.2, 0.25) is 0 Å². The first-order chi connectivity index (χ1) is 13.1. The van der Waals surface area contributed by atoms with Crippen LogP contribution in [0.25, 0.3) is 0 Å². The van der Waals surface area contributed by atoms with E-state index in [4.69, 9.17) is 9.84 Å². The maximum absolute atomic E-state index is 13.1. The molecule has 142 valence electrons. The molecular formula is C20H23N3O4. The van der Waals surface area contributed by atoms with E-state index in [9.17, 15) is 9.59 Å². The summed E-state index contributed by atoms with van der Waals surface area (Å²) in [7, 11) is 0. The molecule has 7 heteroatoms. The Labute approximate surface area is 158 Å². The highest BCUT2D eigenvalue weighted by Crippen LogP contribution is 2.23. The van der Waals surface area contributed by atoms with E-state index in [1.807, 2.05) is 37.3 Å². The fourth-order valence-corrected chi connectivity index (χ4v) is 3.19. The zero-order valence-corrected chi connectivity index (χ0v) is 15.2. The Balaban J connectivity index is 1.77. The minimum absolute atomic E-state index is 0.123. The molecule has 3 rings (SSSR count). The van der Waals surface area contributed by atoms with Crippen molar-refractivity contribution in [3.8, 4) is 0 Å². The lowest BCUT2D eigenvalue weighted by Gasteiger charge is -2.35. The minimum Gasteiger partial charge on any atom is -0.481 e. The van der Waals surface area contributed by atoms with Gasteiger partial charge < -0.3 is 20.1 Å². The molecule has 7 nitrogen and oxygen atoms in total. The van der Waals surface area contributed by atoms with Gasteiger partial charge >= 0.3 is 5.97 Å². The van der Waals surface area contributed by atoms with Crippen molar-refractivity contribution < 1.29 is 19.4 Å². The van der Waals surface area contributed by atoms with Crippen LogP contribution in [0, 0.1) is 6.92 Å². The lowest BCUT2D eigenvalue weighted by atomic mass is 10.0. The molecule has 1 saturated heterocycles. The van der Waals surface area contributed by atoms with Crippen LogP contribution in [0.4, 0.5) is 5.69 Å². The summed E-state index contributed by atoms with van der Waals surface area (Å²) >= 11 is 0. The molecular weight excluding hydrogens is 346 g/mol. The topological polar surface area (TPSA) is 91.8 Å². The fraction of sp³-hybridized carbons (Fsp3) is 0.350. The number of carbonyl (C=O) groups excluding carboxylic acids is 1. The van der Waals surface area contributed by atoms with E-state index in [-0.39, 0.29) is 18.9 Å². The maximum atomic E-state index is 13.1. The molecule has 1 aliphatic rings. The standard InChI is InChI=1S/C20H23N3O4/c1-14-17(20(26)23-9-10-27-13-16(23)11-19(24)25)6-4-7-18(14)22-12-15-5-2-3-8-21-15/h2-8,16,22H,9-13H2,1H3,(H,24,25). The van der Waals surface area contributed by atoms with Crippen LogP contribution in [0.2, 0.25) is 0 Å². The van der Waals surface area contributed by atoms with Gasteiger partial charge in [-0.15, -0.1) is 0 Å². The number of rotatable bonds is 6. The predicted octanol–water partition coefficient (Wildman–Crippen LogP) is 2.32. The number of benzene rings is 1. The van der Waals surface area contributed by atoms with E-state index in [0.29, 0.717) is 25.3 Å². The first-order valence-electron chi connectivity index (χ1n) is 8.90. The number of pyridine rings is 1. The van der Waals surface area contributed by atoms with E-state index in [0.717, 1.165) is 16.9 Å². The lowest BCUT2D eigenvalue weighted by molar-refractivity contribution is -0.139. The second-order valence-corrected chi connectivity index (χ2v) is 6.48. The van der Waals surface area contributed by atoms with E-state index < -0.39 is 12.0 Å².